The molecule has 0 unspecified atom stereocenters. The third-order valence-corrected chi connectivity index (χ3v) is 5.17. The van der Waals surface area contributed by atoms with Gasteiger partial charge in [0.25, 0.3) is 0 Å². The van der Waals surface area contributed by atoms with E-state index in [2.05, 4.69) is 0 Å². The lowest BCUT2D eigenvalue weighted by atomic mass is 10.1. The van der Waals surface area contributed by atoms with Crippen molar-refractivity contribution >= 4 is 21.7 Å². The summed E-state index contributed by atoms with van der Waals surface area (Å²) in [6, 6.07) is 7.41. The highest BCUT2D eigenvalue weighted by atomic mass is 32.2. The third kappa shape index (κ3) is 2.68. The van der Waals surface area contributed by atoms with Crippen LogP contribution in [0.15, 0.2) is 24.3 Å². The Morgan fingerprint density at radius 1 is 1.21 bits per heavy atom. The summed E-state index contributed by atoms with van der Waals surface area (Å²) in [6.45, 7) is 3.39. The zero-order valence-corrected chi connectivity index (χ0v) is 11.6. The first-order valence-corrected chi connectivity index (χ1v) is 7.64. The topological polar surface area (TPSA) is 71.5 Å². The van der Waals surface area contributed by atoms with E-state index in [0.29, 0.717) is 0 Å². The van der Waals surface area contributed by atoms with Crippen molar-refractivity contribution in [3.05, 3.63) is 35.4 Å². The predicted octanol–water partition coefficient (Wildman–Crippen LogP) is 0.667. The number of aryl methyl sites for hydroxylation is 1. The van der Waals surface area contributed by atoms with Crippen molar-refractivity contribution in [3.8, 4) is 0 Å². The van der Waals surface area contributed by atoms with E-state index in [1.807, 2.05) is 31.2 Å². The van der Waals surface area contributed by atoms with Crippen LogP contribution in [0.2, 0.25) is 0 Å². The molecular weight excluding hydrogens is 266 g/mol. The molecule has 1 atom stereocenters. The molecule has 0 bridgehead atoms. The molecule has 1 heterocycles. The Labute approximate surface area is 112 Å². The minimum absolute atomic E-state index is 0.123. The SMILES string of the molecule is Cc1ccc(CN2C(=O)CS(=O)(=O)[C@H](C)C2=O)cc1. The molecule has 0 aliphatic carbocycles. The highest BCUT2D eigenvalue weighted by molar-refractivity contribution is 7.93. The standard InChI is InChI=1S/C13H15NO4S/c1-9-3-5-11(6-4-9)7-14-12(15)8-19(17,18)10(2)13(14)16/h3-6,10H,7-8H2,1-2H3/t10-/m1/s1. The van der Waals surface area contributed by atoms with Crippen LogP contribution in [0.25, 0.3) is 0 Å². The van der Waals surface area contributed by atoms with Crippen LogP contribution in [0.3, 0.4) is 0 Å². The van der Waals surface area contributed by atoms with E-state index in [-0.39, 0.29) is 6.54 Å². The number of carbonyl (C=O) groups excluding carboxylic acids is 2. The van der Waals surface area contributed by atoms with Gasteiger partial charge in [-0.2, -0.15) is 0 Å². The first-order valence-electron chi connectivity index (χ1n) is 5.92. The van der Waals surface area contributed by atoms with Crippen molar-refractivity contribution in [2.75, 3.05) is 5.75 Å². The Hall–Kier alpha value is -1.69. The van der Waals surface area contributed by atoms with Crippen molar-refractivity contribution in [2.45, 2.75) is 25.6 Å². The Bertz CT molecular complexity index is 619. The van der Waals surface area contributed by atoms with Crippen molar-refractivity contribution in [1.29, 1.82) is 0 Å². The van der Waals surface area contributed by atoms with Gasteiger partial charge in [0.1, 0.15) is 11.0 Å². The maximum Gasteiger partial charge on any atom is 0.247 e. The van der Waals surface area contributed by atoms with E-state index in [1.54, 1.807) is 0 Å². The first-order chi connectivity index (χ1) is 8.81. The van der Waals surface area contributed by atoms with E-state index in [1.165, 1.54) is 6.92 Å². The Kier molecular flexibility index (Phi) is 3.45. The first kappa shape index (κ1) is 13.7. The summed E-state index contributed by atoms with van der Waals surface area (Å²) in [5.41, 5.74) is 1.88. The van der Waals surface area contributed by atoms with Crippen LogP contribution in [0, 0.1) is 6.92 Å². The van der Waals surface area contributed by atoms with Gasteiger partial charge < -0.3 is 0 Å². The van der Waals surface area contributed by atoms with Crippen LogP contribution in [0.1, 0.15) is 18.1 Å². The lowest BCUT2D eigenvalue weighted by Gasteiger charge is -2.28. The van der Waals surface area contributed by atoms with Gasteiger partial charge in [-0.05, 0) is 19.4 Å². The summed E-state index contributed by atoms with van der Waals surface area (Å²) >= 11 is 0. The summed E-state index contributed by atoms with van der Waals surface area (Å²) < 4.78 is 23.2. The molecule has 1 aliphatic rings. The highest BCUT2D eigenvalue weighted by Gasteiger charge is 2.42. The lowest BCUT2D eigenvalue weighted by Crippen LogP contribution is -2.53. The number of imide groups is 1. The molecule has 2 rings (SSSR count). The van der Waals surface area contributed by atoms with Crippen molar-refractivity contribution < 1.29 is 18.0 Å². The molecule has 0 radical (unpaired) electrons. The van der Waals surface area contributed by atoms with E-state index in [9.17, 15) is 18.0 Å². The number of hydrogen-bond donors (Lipinski definition) is 0. The number of carbonyl (C=O) groups is 2. The average Bonchev–Trinajstić information content (AvgIpc) is 2.34. The molecule has 0 N–H and O–H groups in total. The summed E-state index contributed by atoms with van der Waals surface area (Å²) in [6.07, 6.45) is 0. The molecular formula is C13H15NO4S. The molecule has 6 heteroatoms. The quantitative estimate of drug-likeness (QED) is 0.747. The fourth-order valence-corrected chi connectivity index (χ4v) is 3.10. The van der Waals surface area contributed by atoms with E-state index in [4.69, 9.17) is 0 Å². The molecule has 1 aromatic carbocycles. The fourth-order valence-electron chi connectivity index (χ4n) is 1.91. The van der Waals surface area contributed by atoms with Crippen molar-refractivity contribution in [3.63, 3.8) is 0 Å². The Morgan fingerprint density at radius 3 is 2.37 bits per heavy atom. The van der Waals surface area contributed by atoms with E-state index < -0.39 is 32.7 Å². The average molecular weight is 281 g/mol. The third-order valence-electron chi connectivity index (χ3n) is 3.24. The number of hydrogen-bond acceptors (Lipinski definition) is 4. The van der Waals surface area contributed by atoms with Crippen LogP contribution in [-0.4, -0.2) is 36.1 Å². The Morgan fingerprint density at radius 2 is 1.79 bits per heavy atom. The van der Waals surface area contributed by atoms with Gasteiger partial charge in [-0.15, -0.1) is 0 Å². The van der Waals surface area contributed by atoms with Gasteiger partial charge in [-0.1, -0.05) is 29.8 Å². The van der Waals surface area contributed by atoms with Gasteiger partial charge in [-0.25, -0.2) is 8.42 Å². The summed E-state index contributed by atoms with van der Waals surface area (Å²) in [5, 5.41) is -1.14. The predicted molar refractivity (Wildman–Crippen MR) is 70.0 cm³/mol. The normalized spacial score (nSPS) is 22.6. The molecule has 1 fully saturated rings. The molecule has 0 saturated carbocycles. The molecule has 0 spiro atoms. The molecule has 1 aromatic rings. The maximum absolute atomic E-state index is 11.9. The van der Waals surface area contributed by atoms with Gasteiger partial charge in [-0.3, -0.25) is 14.5 Å². The number of benzene rings is 1. The second-order valence-corrected chi connectivity index (χ2v) is 7.07. The zero-order valence-electron chi connectivity index (χ0n) is 10.8. The Balaban J connectivity index is 2.23. The monoisotopic (exact) mass is 281 g/mol. The van der Waals surface area contributed by atoms with Gasteiger partial charge in [0.2, 0.25) is 11.8 Å². The van der Waals surface area contributed by atoms with Gasteiger partial charge in [0.05, 0.1) is 6.54 Å². The van der Waals surface area contributed by atoms with Gasteiger partial charge in [0, 0.05) is 0 Å². The molecule has 0 aromatic heterocycles. The molecule has 1 aliphatic heterocycles. The number of amides is 2. The minimum Gasteiger partial charge on any atom is -0.276 e. The highest BCUT2D eigenvalue weighted by Crippen LogP contribution is 2.17. The number of rotatable bonds is 2. The molecule has 2 amide bonds. The summed E-state index contributed by atoms with van der Waals surface area (Å²) in [4.78, 5) is 24.7. The molecule has 102 valence electrons. The summed E-state index contributed by atoms with van der Waals surface area (Å²) in [7, 11) is -3.63. The van der Waals surface area contributed by atoms with Crippen molar-refractivity contribution in [1.82, 2.24) is 4.90 Å². The van der Waals surface area contributed by atoms with Crippen LogP contribution < -0.4 is 0 Å². The van der Waals surface area contributed by atoms with Crippen molar-refractivity contribution in [2.24, 2.45) is 0 Å². The molecule has 1 saturated heterocycles. The lowest BCUT2D eigenvalue weighted by molar-refractivity contribution is -0.144. The van der Waals surface area contributed by atoms with Crippen LogP contribution >= 0.6 is 0 Å². The number of nitrogens with zero attached hydrogens (tertiary/aromatic N) is 1. The van der Waals surface area contributed by atoms with Crippen LogP contribution in [-0.2, 0) is 26.0 Å². The maximum atomic E-state index is 11.9. The van der Waals surface area contributed by atoms with E-state index in [0.717, 1.165) is 16.0 Å². The number of sulfone groups is 1. The second-order valence-electron chi connectivity index (χ2n) is 4.75. The summed E-state index contributed by atoms with van der Waals surface area (Å²) in [5.74, 6) is -1.88. The second kappa shape index (κ2) is 4.77. The van der Waals surface area contributed by atoms with E-state index >= 15 is 0 Å². The van der Waals surface area contributed by atoms with Gasteiger partial charge >= 0.3 is 0 Å². The molecule has 5 nitrogen and oxygen atoms in total. The van der Waals surface area contributed by atoms with Crippen LogP contribution in [0.5, 0.6) is 0 Å². The largest absolute Gasteiger partial charge is 0.276 e. The van der Waals surface area contributed by atoms with Gasteiger partial charge in [0.15, 0.2) is 9.84 Å². The minimum atomic E-state index is -3.63. The fraction of sp³-hybridized carbons (Fsp3) is 0.385. The molecule has 19 heavy (non-hydrogen) atoms. The van der Waals surface area contributed by atoms with Crippen LogP contribution in [0.4, 0.5) is 0 Å². The zero-order chi connectivity index (χ0) is 14.2. The smallest absolute Gasteiger partial charge is 0.247 e.